The summed E-state index contributed by atoms with van der Waals surface area (Å²) < 4.78 is 36.9. The molecule has 0 spiro atoms. The van der Waals surface area contributed by atoms with Crippen LogP contribution in [0.5, 0.6) is 11.5 Å². The average molecular weight is 449 g/mol. The second kappa shape index (κ2) is 10.5. The molecule has 0 saturated carbocycles. The molecule has 31 heavy (non-hydrogen) atoms. The first-order valence-corrected chi connectivity index (χ1v) is 12.0. The van der Waals surface area contributed by atoms with Gasteiger partial charge in [0.05, 0.1) is 32.2 Å². The van der Waals surface area contributed by atoms with Gasteiger partial charge in [-0.05, 0) is 37.0 Å². The highest BCUT2D eigenvalue weighted by molar-refractivity contribution is 7.92. The zero-order valence-corrected chi connectivity index (χ0v) is 19.8. The van der Waals surface area contributed by atoms with Gasteiger partial charge in [0.15, 0.2) is 11.5 Å². The fourth-order valence-corrected chi connectivity index (χ4v) is 4.66. The molecule has 2 atom stereocenters. The number of anilines is 1. The van der Waals surface area contributed by atoms with Gasteiger partial charge in [-0.2, -0.15) is 0 Å². The monoisotopic (exact) mass is 448 g/mol. The maximum atomic E-state index is 13.2. The van der Waals surface area contributed by atoms with Gasteiger partial charge in [0.25, 0.3) is 0 Å². The molecule has 0 fully saturated rings. The predicted molar refractivity (Wildman–Crippen MR) is 123 cm³/mol. The van der Waals surface area contributed by atoms with Crippen LogP contribution >= 0.6 is 0 Å². The highest BCUT2D eigenvalue weighted by Crippen LogP contribution is 2.33. The Labute approximate surface area is 185 Å². The van der Waals surface area contributed by atoms with Crippen LogP contribution in [0.3, 0.4) is 0 Å². The molecule has 0 saturated heterocycles. The Morgan fingerprint density at radius 2 is 1.61 bits per heavy atom. The van der Waals surface area contributed by atoms with Crippen LogP contribution in [0, 0.1) is 5.92 Å². The zero-order chi connectivity index (χ0) is 23.2. The van der Waals surface area contributed by atoms with E-state index < -0.39 is 16.1 Å². The number of carbonyl (C=O) groups is 1. The predicted octanol–water partition coefficient (Wildman–Crippen LogP) is 3.76. The zero-order valence-electron chi connectivity index (χ0n) is 19.0. The van der Waals surface area contributed by atoms with Crippen LogP contribution in [0.15, 0.2) is 48.5 Å². The van der Waals surface area contributed by atoms with E-state index in [2.05, 4.69) is 19.2 Å². The number of hydrogen-bond donors (Lipinski definition) is 1. The van der Waals surface area contributed by atoms with E-state index in [0.717, 1.165) is 22.5 Å². The number of nitrogens with zero attached hydrogens (tertiary/aromatic N) is 1. The summed E-state index contributed by atoms with van der Waals surface area (Å²) in [4.78, 5) is 13.2. The van der Waals surface area contributed by atoms with Crippen molar-refractivity contribution in [1.29, 1.82) is 0 Å². The molecule has 0 aliphatic rings. The minimum atomic E-state index is -3.75. The topological polar surface area (TPSA) is 84.9 Å². The van der Waals surface area contributed by atoms with E-state index in [1.165, 1.54) is 14.2 Å². The van der Waals surface area contributed by atoms with Gasteiger partial charge in [0.2, 0.25) is 15.9 Å². The summed E-state index contributed by atoms with van der Waals surface area (Å²) in [5.41, 5.74) is 1.30. The smallest absolute Gasteiger partial charge is 0.244 e. The Morgan fingerprint density at radius 1 is 1.00 bits per heavy atom. The summed E-state index contributed by atoms with van der Waals surface area (Å²) in [6.07, 6.45) is 1.81. The third kappa shape index (κ3) is 6.37. The first-order valence-electron chi connectivity index (χ1n) is 10.1. The van der Waals surface area contributed by atoms with Crippen LogP contribution in [-0.4, -0.2) is 40.8 Å². The molecule has 0 aliphatic carbocycles. The van der Waals surface area contributed by atoms with Crippen molar-refractivity contribution in [3.8, 4) is 11.5 Å². The summed E-state index contributed by atoms with van der Waals surface area (Å²) in [6, 6.07) is 13.2. The lowest BCUT2D eigenvalue weighted by molar-refractivity contribution is -0.122. The van der Waals surface area contributed by atoms with Crippen LogP contribution in [0.4, 0.5) is 5.69 Å². The second-order valence-corrected chi connectivity index (χ2v) is 9.73. The fraction of sp³-hybridized carbons (Fsp3) is 0.435. The van der Waals surface area contributed by atoms with Crippen LogP contribution < -0.4 is 19.1 Å². The maximum Gasteiger partial charge on any atom is 0.244 e. The first-order chi connectivity index (χ1) is 14.6. The van der Waals surface area contributed by atoms with Gasteiger partial charge in [-0.3, -0.25) is 9.10 Å². The number of methoxy groups -OCH3 is 2. The van der Waals surface area contributed by atoms with Gasteiger partial charge in [-0.1, -0.05) is 44.2 Å². The summed E-state index contributed by atoms with van der Waals surface area (Å²) in [5, 5.41) is 3.04. The summed E-state index contributed by atoms with van der Waals surface area (Å²) in [5.74, 6) is 0.813. The van der Waals surface area contributed by atoms with Gasteiger partial charge in [-0.25, -0.2) is 8.42 Å². The number of sulfonamides is 1. The van der Waals surface area contributed by atoms with Crippen molar-refractivity contribution >= 4 is 21.6 Å². The van der Waals surface area contributed by atoms with E-state index in [0.29, 0.717) is 23.1 Å². The van der Waals surface area contributed by atoms with E-state index in [1.54, 1.807) is 25.1 Å². The summed E-state index contributed by atoms with van der Waals surface area (Å²) >= 11 is 0. The molecule has 2 rings (SSSR count). The molecule has 0 radical (unpaired) electrons. The highest BCUT2D eigenvalue weighted by Gasteiger charge is 2.31. The van der Waals surface area contributed by atoms with Crippen molar-refractivity contribution in [2.75, 3.05) is 24.8 Å². The minimum absolute atomic E-state index is 0.219. The molecule has 170 valence electrons. The number of rotatable bonds is 10. The summed E-state index contributed by atoms with van der Waals surface area (Å²) in [7, 11) is -0.783. The number of benzene rings is 2. The molecule has 7 nitrogen and oxygen atoms in total. The molecule has 2 aromatic rings. The lowest BCUT2D eigenvalue weighted by Crippen LogP contribution is -2.48. The molecule has 0 aliphatic heterocycles. The lowest BCUT2D eigenvalue weighted by atomic mass is 9.96. The molecule has 0 heterocycles. The SMILES string of the molecule is COc1ccc(N([C@@H](C)C(=O)N[C@@H](CC(C)C)c2ccccc2)S(C)(=O)=O)cc1OC. The van der Waals surface area contributed by atoms with Crippen molar-refractivity contribution in [3.63, 3.8) is 0 Å². The van der Waals surface area contributed by atoms with Gasteiger partial charge < -0.3 is 14.8 Å². The molecule has 2 aromatic carbocycles. The fourth-order valence-electron chi connectivity index (χ4n) is 3.50. The molecule has 8 heteroatoms. The third-order valence-corrected chi connectivity index (χ3v) is 6.18. The van der Waals surface area contributed by atoms with Crippen LogP contribution in [0.1, 0.15) is 38.8 Å². The summed E-state index contributed by atoms with van der Waals surface area (Å²) in [6.45, 7) is 5.74. The van der Waals surface area contributed by atoms with E-state index in [9.17, 15) is 13.2 Å². The Bertz CT molecular complexity index is 977. The second-order valence-electron chi connectivity index (χ2n) is 7.88. The number of carbonyl (C=O) groups excluding carboxylic acids is 1. The van der Waals surface area contributed by atoms with E-state index >= 15 is 0 Å². The van der Waals surface area contributed by atoms with E-state index in [4.69, 9.17) is 9.47 Å². The first kappa shape index (κ1) is 24.5. The van der Waals surface area contributed by atoms with Crippen molar-refractivity contribution in [1.82, 2.24) is 5.32 Å². The van der Waals surface area contributed by atoms with Crippen LogP contribution in [-0.2, 0) is 14.8 Å². The molecular weight excluding hydrogens is 416 g/mol. The molecule has 0 aromatic heterocycles. The maximum absolute atomic E-state index is 13.2. The Hall–Kier alpha value is -2.74. The Balaban J connectivity index is 2.36. The molecule has 0 bridgehead atoms. The van der Waals surface area contributed by atoms with Crippen molar-refractivity contribution < 1.29 is 22.7 Å². The van der Waals surface area contributed by atoms with Crippen LogP contribution in [0.25, 0.3) is 0 Å². The Morgan fingerprint density at radius 3 is 2.13 bits per heavy atom. The van der Waals surface area contributed by atoms with Crippen molar-refractivity contribution in [2.24, 2.45) is 5.92 Å². The normalized spacial score (nSPS) is 13.4. The molecule has 1 N–H and O–H groups in total. The largest absolute Gasteiger partial charge is 0.493 e. The quantitative estimate of drug-likeness (QED) is 0.598. The van der Waals surface area contributed by atoms with Gasteiger partial charge in [-0.15, -0.1) is 0 Å². The number of nitrogens with one attached hydrogen (secondary N) is 1. The Kier molecular flexibility index (Phi) is 8.33. The lowest BCUT2D eigenvalue weighted by Gasteiger charge is -2.30. The van der Waals surface area contributed by atoms with Gasteiger partial charge >= 0.3 is 0 Å². The number of ether oxygens (including phenoxy) is 2. The number of hydrogen-bond acceptors (Lipinski definition) is 5. The van der Waals surface area contributed by atoms with E-state index in [-0.39, 0.29) is 11.9 Å². The van der Waals surface area contributed by atoms with Crippen molar-refractivity contribution in [3.05, 3.63) is 54.1 Å². The van der Waals surface area contributed by atoms with Gasteiger partial charge in [0, 0.05) is 6.07 Å². The van der Waals surface area contributed by atoms with Gasteiger partial charge in [0.1, 0.15) is 6.04 Å². The highest BCUT2D eigenvalue weighted by atomic mass is 32.2. The van der Waals surface area contributed by atoms with Crippen molar-refractivity contribution in [2.45, 2.75) is 39.3 Å². The number of amides is 1. The average Bonchev–Trinajstić information content (AvgIpc) is 2.72. The molecule has 0 unspecified atom stereocenters. The standard InChI is InChI=1S/C23H32N2O5S/c1-16(2)14-20(18-10-8-7-9-11-18)24-23(26)17(3)25(31(6,27)28)19-12-13-21(29-4)22(15-19)30-5/h7-13,15-17,20H,14H2,1-6H3,(H,24,26)/t17-,20-/m0/s1. The van der Waals surface area contributed by atoms with Crippen LogP contribution in [0.2, 0.25) is 0 Å². The molecule has 1 amide bonds. The minimum Gasteiger partial charge on any atom is -0.493 e. The third-order valence-electron chi connectivity index (χ3n) is 4.94. The molecular formula is C23H32N2O5S. The van der Waals surface area contributed by atoms with E-state index in [1.807, 2.05) is 30.3 Å².